The number of carbonyl (C=O) groups excluding carboxylic acids is 2. The lowest BCUT2D eigenvalue weighted by molar-refractivity contribution is -0.141. The van der Waals surface area contributed by atoms with Crippen molar-refractivity contribution in [2.45, 2.75) is 20.4 Å². The first-order valence-electron chi connectivity index (χ1n) is 9.26. The fourth-order valence-electron chi connectivity index (χ4n) is 3.03. The molecule has 6 nitrogen and oxygen atoms in total. The fourth-order valence-corrected chi connectivity index (χ4v) is 4.61. The van der Waals surface area contributed by atoms with Gasteiger partial charge in [-0.2, -0.15) is 4.99 Å². The summed E-state index contributed by atoms with van der Waals surface area (Å²) in [7, 11) is 1.34. The molecule has 0 aliphatic heterocycles. The van der Waals surface area contributed by atoms with E-state index in [9.17, 15) is 9.59 Å². The minimum atomic E-state index is -0.398. The Kier molecular flexibility index (Phi) is 6.87. The van der Waals surface area contributed by atoms with E-state index in [2.05, 4.69) is 39.7 Å². The minimum Gasteiger partial charge on any atom is -0.468 e. The van der Waals surface area contributed by atoms with E-state index >= 15 is 0 Å². The van der Waals surface area contributed by atoms with E-state index in [4.69, 9.17) is 4.74 Å². The second kappa shape index (κ2) is 9.37. The Morgan fingerprint density at radius 3 is 2.45 bits per heavy atom. The number of rotatable bonds is 6. The van der Waals surface area contributed by atoms with Crippen LogP contribution in [0, 0.1) is 0 Å². The predicted molar refractivity (Wildman–Crippen MR) is 119 cm³/mol. The maximum Gasteiger partial charge on any atom is 0.325 e. The lowest BCUT2D eigenvalue weighted by Gasteiger charge is -2.20. The molecule has 3 rings (SSSR count). The molecule has 0 atom stereocenters. The fraction of sp³-hybridized carbons (Fsp3) is 0.286. The van der Waals surface area contributed by atoms with Crippen LogP contribution in [0.3, 0.4) is 0 Å². The Labute approximate surface area is 181 Å². The number of carbonyl (C=O) groups is 2. The molecule has 0 N–H and O–H groups in total. The Hall–Kier alpha value is -2.45. The molecular formula is C21H22BrN3O3S. The summed E-state index contributed by atoms with van der Waals surface area (Å²) in [6.45, 7) is 5.98. The molecule has 0 fully saturated rings. The van der Waals surface area contributed by atoms with Crippen molar-refractivity contribution in [1.82, 2.24) is 4.57 Å². The maximum atomic E-state index is 12.8. The van der Waals surface area contributed by atoms with E-state index in [0.29, 0.717) is 10.4 Å². The maximum absolute atomic E-state index is 12.8. The first-order chi connectivity index (χ1) is 14.0. The van der Waals surface area contributed by atoms with Gasteiger partial charge in [-0.15, -0.1) is 0 Å². The Morgan fingerprint density at radius 2 is 1.83 bits per heavy atom. The molecule has 1 aromatic heterocycles. The summed E-state index contributed by atoms with van der Waals surface area (Å²) in [6.07, 6.45) is 0. The van der Waals surface area contributed by atoms with E-state index < -0.39 is 5.97 Å². The normalized spacial score (nSPS) is 11.7. The molecule has 0 aliphatic carbocycles. The number of benzene rings is 2. The number of thiazole rings is 1. The summed E-state index contributed by atoms with van der Waals surface area (Å²) >= 11 is 4.81. The average Bonchev–Trinajstić information content (AvgIpc) is 3.05. The van der Waals surface area contributed by atoms with Crippen LogP contribution in [0.25, 0.3) is 10.2 Å². The van der Waals surface area contributed by atoms with Crippen molar-refractivity contribution in [3.05, 3.63) is 57.3 Å². The van der Waals surface area contributed by atoms with Crippen LogP contribution < -0.4 is 9.70 Å². The summed E-state index contributed by atoms with van der Waals surface area (Å²) < 4.78 is 8.35. The lowest BCUT2D eigenvalue weighted by Crippen LogP contribution is -2.22. The lowest BCUT2D eigenvalue weighted by atomic mass is 10.2. The van der Waals surface area contributed by atoms with E-state index in [1.54, 1.807) is 16.7 Å². The van der Waals surface area contributed by atoms with Crippen LogP contribution in [0.4, 0.5) is 5.69 Å². The predicted octanol–water partition coefficient (Wildman–Crippen LogP) is 4.23. The topological polar surface area (TPSA) is 63.9 Å². The van der Waals surface area contributed by atoms with Gasteiger partial charge in [-0.05, 0) is 56.3 Å². The first-order valence-corrected chi connectivity index (χ1v) is 10.9. The van der Waals surface area contributed by atoms with Gasteiger partial charge >= 0.3 is 5.97 Å². The Morgan fingerprint density at radius 1 is 1.14 bits per heavy atom. The van der Waals surface area contributed by atoms with Gasteiger partial charge in [0.1, 0.15) is 6.54 Å². The number of anilines is 1. The monoisotopic (exact) mass is 475 g/mol. The van der Waals surface area contributed by atoms with Gasteiger partial charge in [0.05, 0.1) is 17.3 Å². The Bertz CT molecular complexity index is 1100. The molecule has 1 amide bonds. The van der Waals surface area contributed by atoms with Gasteiger partial charge in [-0.3, -0.25) is 9.59 Å². The van der Waals surface area contributed by atoms with Crippen LogP contribution in [0.5, 0.6) is 0 Å². The van der Waals surface area contributed by atoms with Gasteiger partial charge < -0.3 is 14.2 Å². The van der Waals surface area contributed by atoms with Crippen LogP contribution in [-0.4, -0.2) is 36.6 Å². The average molecular weight is 476 g/mol. The van der Waals surface area contributed by atoms with Gasteiger partial charge in [-0.25, -0.2) is 0 Å². The zero-order valence-corrected chi connectivity index (χ0v) is 18.9. The molecule has 0 bridgehead atoms. The number of hydrogen-bond donors (Lipinski definition) is 0. The zero-order valence-electron chi connectivity index (χ0n) is 16.5. The summed E-state index contributed by atoms with van der Waals surface area (Å²) in [4.78, 5) is 31.6. The van der Waals surface area contributed by atoms with Gasteiger partial charge in [-0.1, -0.05) is 27.3 Å². The molecule has 0 saturated heterocycles. The number of amides is 1. The van der Waals surface area contributed by atoms with Crippen LogP contribution in [0.2, 0.25) is 0 Å². The van der Waals surface area contributed by atoms with E-state index in [1.807, 2.05) is 30.3 Å². The van der Waals surface area contributed by atoms with E-state index in [0.717, 1.165) is 33.5 Å². The number of aromatic nitrogens is 1. The SMILES string of the molecule is CCN(CC)c1ccc(C(=O)N=c2sc3cc(Br)ccc3n2CC(=O)OC)cc1. The number of esters is 1. The van der Waals surface area contributed by atoms with Crippen LogP contribution >= 0.6 is 27.3 Å². The molecule has 1 heterocycles. The van der Waals surface area contributed by atoms with Gasteiger partial charge in [0.15, 0.2) is 4.80 Å². The van der Waals surface area contributed by atoms with Crippen LogP contribution in [0.1, 0.15) is 24.2 Å². The molecule has 3 aromatic rings. The number of nitrogens with zero attached hydrogens (tertiary/aromatic N) is 3. The third kappa shape index (κ3) is 4.76. The van der Waals surface area contributed by atoms with Crippen molar-refractivity contribution < 1.29 is 14.3 Å². The summed E-state index contributed by atoms with van der Waals surface area (Å²) in [6, 6.07) is 13.2. The first kappa shape index (κ1) is 21.3. The van der Waals surface area contributed by atoms with Crippen molar-refractivity contribution in [2.75, 3.05) is 25.1 Å². The van der Waals surface area contributed by atoms with Gasteiger partial charge in [0, 0.05) is 28.8 Å². The zero-order chi connectivity index (χ0) is 21.0. The third-order valence-electron chi connectivity index (χ3n) is 4.60. The van der Waals surface area contributed by atoms with Crippen molar-refractivity contribution in [1.29, 1.82) is 0 Å². The second-order valence-electron chi connectivity index (χ2n) is 6.30. The van der Waals surface area contributed by atoms with Gasteiger partial charge in [0.25, 0.3) is 5.91 Å². The summed E-state index contributed by atoms with van der Waals surface area (Å²) in [5, 5.41) is 0. The van der Waals surface area contributed by atoms with Crippen molar-refractivity contribution >= 4 is 55.0 Å². The highest BCUT2D eigenvalue weighted by molar-refractivity contribution is 9.10. The highest BCUT2D eigenvalue weighted by Crippen LogP contribution is 2.22. The van der Waals surface area contributed by atoms with Crippen LogP contribution in [-0.2, 0) is 16.1 Å². The number of hydrogen-bond acceptors (Lipinski definition) is 5. The summed E-state index contributed by atoms with van der Waals surface area (Å²) in [5.74, 6) is -0.745. The molecule has 0 saturated carbocycles. The standard InChI is InChI=1S/C21H22BrN3O3S/c1-4-24(5-2)16-9-6-14(7-10-16)20(27)23-21-25(13-19(26)28-3)17-11-8-15(22)12-18(17)29-21/h6-12H,4-5,13H2,1-3H3. The second-order valence-corrected chi connectivity index (χ2v) is 8.22. The number of fused-ring (bicyclic) bond motifs is 1. The van der Waals surface area contributed by atoms with Gasteiger partial charge in [0.2, 0.25) is 0 Å². The molecule has 8 heteroatoms. The van der Waals surface area contributed by atoms with E-state index in [1.165, 1.54) is 18.4 Å². The van der Waals surface area contributed by atoms with E-state index in [-0.39, 0.29) is 12.5 Å². The van der Waals surface area contributed by atoms with Crippen molar-refractivity contribution in [2.24, 2.45) is 4.99 Å². The molecule has 0 aliphatic rings. The Balaban J connectivity index is 2.01. The third-order valence-corrected chi connectivity index (χ3v) is 6.13. The molecule has 29 heavy (non-hydrogen) atoms. The highest BCUT2D eigenvalue weighted by atomic mass is 79.9. The smallest absolute Gasteiger partial charge is 0.325 e. The highest BCUT2D eigenvalue weighted by Gasteiger charge is 2.13. The molecule has 0 spiro atoms. The summed E-state index contributed by atoms with van der Waals surface area (Å²) in [5.41, 5.74) is 2.40. The number of halogens is 1. The largest absolute Gasteiger partial charge is 0.468 e. The quantitative estimate of drug-likeness (QED) is 0.500. The molecule has 152 valence electrons. The van der Waals surface area contributed by atoms with Crippen molar-refractivity contribution in [3.8, 4) is 0 Å². The molecular weight excluding hydrogens is 454 g/mol. The van der Waals surface area contributed by atoms with Crippen molar-refractivity contribution in [3.63, 3.8) is 0 Å². The molecule has 2 aromatic carbocycles. The van der Waals surface area contributed by atoms with Crippen LogP contribution in [0.15, 0.2) is 51.9 Å². The molecule has 0 radical (unpaired) electrons. The number of methoxy groups -OCH3 is 1. The number of ether oxygens (including phenoxy) is 1. The minimum absolute atomic E-state index is 0.00879. The molecule has 0 unspecified atom stereocenters.